The molecule has 0 spiro atoms. The van der Waals surface area contributed by atoms with E-state index in [9.17, 15) is 14.9 Å². The third-order valence-corrected chi connectivity index (χ3v) is 2.97. The summed E-state index contributed by atoms with van der Waals surface area (Å²) in [5.41, 5.74) is 3.35. The minimum absolute atomic E-state index is 0.0752. The van der Waals surface area contributed by atoms with Crippen LogP contribution in [0, 0.1) is 10.1 Å². The summed E-state index contributed by atoms with van der Waals surface area (Å²) in [4.78, 5) is 21.9. The zero-order valence-electron chi connectivity index (χ0n) is 12.7. The smallest absolute Gasteiger partial charge is 0.271 e. The lowest BCUT2D eigenvalue weighted by atomic mass is 10.2. The predicted molar refractivity (Wildman–Crippen MR) is 90.3 cm³/mol. The molecule has 0 radical (unpaired) electrons. The van der Waals surface area contributed by atoms with Gasteiger partial charge in [-0.05, 0) is 42.0 Å². The number of nitrogens with zero attached hydrogens (tertiary/aromatic N) is 2. The van der Waals surface area contributed by atoms with Gasteiger partial charge in [-0.3, -0.25) is 14.9 Å². The van der Waals surface area contributed by atoms with E-state index in [1.165, 1.54) is 30.5 Å². The normalized spacial score (nSPS) is 10.3. The minimum atomic E-state index is -0.526. The number of carbonyl (C=O) groups is 1. The Kier molecular flexibility index (Phi) is 5.79. The van der Waals surface area contributed by atoms with Gasteiger partial charge in [-0.2, -0.15) is 5.10 Å². The number of amides is 1. The zero-order valence-corrected chi connectivity index (χ0v) is 12.7. The number of benzene rings is 2. The lowest BCUT2D eigenvalue weighted by Gasteiger charge is -2.02. The van der Waals surface area contributed by atoms with Gasteiger partial charge < -0.3 is 4.74 Å². The summed E-state index contributed by atoms with van der Waals surface area (Å²) in [6.07, 6.45) is 3.14. The molecule has 0 bridgehead atoms. The highest BCUT2D eigenvalue weighted by Gasteiger charge is 2.08. The van der Waals surface area contributed by atoms with E-state index in [1.54, 1.807) is 30.3 Å². The van der Waals surface area contributed by atoms with Gasteiger partial charge in [-0.1, -0.05) is 12.7 Å². The first-order chi connectivity index (χ1) is 11.6. The van der Waals surface area contributed by atoms with Crippen molar-refractivity contribution in [1.82, 2.24) is 5.43 Å². The van der Waals surface area contributed by atoms with Crippen molar-refractivity contribution < 1.29 is 14.5 Å². The highest BCUT2D eigenvalue weighted by atomic mass is 16.6. The number of hydrogen-bond donors (Lipinski definition) is 1. The second kappa shape index (κ2) is 8.23. The highest BCUT2D eigenvalue weighted by molar-refractivity contribution is 5.95. The molecule has 0 saturated carbocycles. The Balaban J connectivity index is 1.91. The largest absolute Gasteiger partial charge is 0.490 e. The predicted octanol–water partition coefficient (Wildman–Crippen LogP) is 2.92. The number of nitro benzene ring substituents is 1. The van der Waals surface area contributed by atoms with Gasteiger partial charge in [-0.25, -0.2) is 5.43 Å². The number of non-ortho nitro benzene ring substituents is 1. The molecule has 1 N–H and O–H groups in total. The second-order valence-corrected chi connectivity index (χ2v) is 4.67. The van der Waals surface area contributed by atoms with E-state index in [0.717, 1.165) is 5.56 Å². The first kappa shape index (κ1) is 16.9. The first-order valence-corrected chi connectivity index (χ1v) is 7.02. The quantitative estimate of drug-likeness (QED) is 0.366. The number of nitrogens with one attached hydrogen (secondary N) is 1. The summed E-state index contributed by atoms with van der Waals surface area (Å²) < 4.78 is 5.36. The zero-order chi connectivity index (χ0) is 17.4. The molecule has 0 aromatic heterocycles. The number of ether oxygens (including phenoxy) is 1. The third kappa shape index (κ3) is 4.77. The molecule has 0 atom stereocenters. The van der Waals surface area contributed by atoms with Crippen LogP contribution in [0.4, 0.5) is 5.69 Å². The van der Waals surface area contributed by atoms with Crippen LogP contribution in [0.1, 0.15) is 15.9 Å². The van der Waals surface area contributed by atoms with Gasteiger partial charge in [0.15, 0.2) is 0 Å². The Morgan fingerprint density at radius 2 is 1.88 bits per heavy atom. The van der Waals surface area contributed by atoms with E-state index in [2.05, 4.69) is 17.1 Å². The Morgan fingerprint density at radius 1 is 1.21 bits per heavy atom. The molecule has 2 rings (SSSR count). The van der Waals surface area contributed by atoms with Crippen LogP contribution in [0.3, 0.4) is 0 Å². The number of nitro groups is 1. The fourth-order valence-electron chi connectivity index (χ4n) is 1.77. The van der Waals surface area contributed by atoms with Crippen molar-refractivity contribution in [2.24, 2.45) is 5.10 Å². The Bertz CT molecular complexity index is 752. The van der Waals surface area contributed by atoms with Gasteiger partial charge in [0.05, 0.1) is 11.1 Å². The summed E-state index contributed by atoms with van der Waals surface area (Å²) in [7, 11) is 0. The van der Waals surface area contributed by atoms with Gasteiger partial charge in [0.2, 0.25) is 0 Å². The second-order valence-electron chi connectivity index (χ2n) is 4.67. The van der Waals surface area contributed by atoms with Gasteiger partial charge in [0, 0.05) is 17.7 Å². The molecule has 2 aromatic carbocycles. The average molecular weight is 325 g/mol. The van der Waals surface area contributed by atoms with Gasteiger partial charge in [0.1, 0.15) is 12.4 Å². The van der Waals surface area contributed by atoms with Crippen molar-refractivity contribution >= 4 is 17.8 Å². The number of hydrazone groups is 1. The minimum Gasteiger partial charge on any atom is -0.490 e. The van der Waals surface area contributed by atoms with Crippen LogP contribution >= 0.6 is 0 Å². The topological polar surface area (TPSA) is 93.8 Å². The maximum atomic E-state index is 11.9. The summed E-state index contributed by atoms with van der Waals surface area (Å²) in [5, 5.41) is 14.4. The maximum absolute atomic E-state index is 11.9. The highest BCUT2D eigenvalue weighted by Crippen LogP contribution is 2.12. The fourth-order valence-corrected chi connectivity index (χ4v) is 1.77. The molecule has 0 unspecified atom stereocenters. The van der Waals surface area contributed by atoms with Gasteiger partial charge >= 0.3 is 0 Å². The van der Waals surface area contributed by atoms with Crippen LogP contribution in [0.2, 0.25) is 0 Å². The summed E-state index contributed by atoms with van der Waals surface area (Å²) in [5.74, 6) is 0.258. The van der Waals surface area contributed by atoms with Crippen molar-refractivity contribution in [3.63, 3.8) is 0 Å². The lowest BCUT2D eigenvalue weighted by molar-refractivity contribution is -0.384. The average Bonchev–Trinajstić information content (AvgIpc) is 2.61. The van der Waals surface area contributed by atoms with Crippen LogP contribution in [-0.4, -0.2) is 23.7 Å². The number of carbonyl (C=O) groups excluding carboxylic acids is 1. The molecule has 0 heterocycles. The van der Waals surface area contributed by atoms with E-state index >= 15 is 0 Å². The molecule has 0 fully saturated rings. The van der Waals surface area contributed by atoms with Crippen molar-refractivity contribution in [2.45, 2.75) is 0 Å². The molecule has 0 saturated heterocycles. The standard InChI is InChI=1S/C17H15N3O4/c1-2-11-24-16-9-3-13(4-10-16)12-18-19-17(21)14-5-7-15(8-6-14)20(22)23/h2-10,12H,1,11H2,(H,19,21)/b18-12-. The molecular formula is C17H15N3O4. The van der Waals surface area contributed by atoms with Crippen LogP contribution in [0.25, 0.3) is 0 Å². The summed E-state index contributed by atoms with van der Waals surface area (Å²) in [6, 6.07) is 12.4. The van der Waals surface area contributed by atoms with Crippen LogP contribution in [-0.2, 0) is 0 Å². The molecule has 122 valence electrons. The van der Waals surface area contributed by atoms with Crippen molar-refractivity contribution in [3.05, 3.63) is 82.4 Å². The van der Waals surface area contributed by atoms with E-state index < -0.39 is 10.8 Å². The lowest BCUT2D eigenvalue weighted by Crippen LogP contribution is -2.17. The first-order valence-electron chi connectivity index (χ1n) is 7.02. The van der Waals surface area contributed by atoms with Crippen molar-refractivity contribution in [1.29, 1.82) is 0 Å². The monoisotopic (exact) mass is 325 g/mol. The molecule has 0 aliphatic carbocycles. The van der Waals surface area contributed by atoms with E-state index in [-0.39, 0.29) is 11.3 Å². The molecular weight excluding hydrogens is 310 g/mol. The fraction of sp³-hybridized carbons (Fsp3) is 0.0588. The van der Waals surface area contributed by atoms with Crippen molar-refractivity contribution in [3.8, 4) is 5.75 Å². The van der Waals surface area contributed by atoms with Crippen LogP contribution < -0.4 is 10.2 Å². The maximum Gasteiger partial charge on any atom is 0.271 e. The van der Waals surface area contributed by atoms with E-state index in [1.807, 2.05) is 0 Å². The molecule has 7 nitrogen and oxygen atoms in total. The van der Waals surface area contributed by atoms with Gasteiger partial charge in [0.25, 0.3) is 11.6 Å². The molecule has 2 aromatic rings. The van der Waals surface area contributed by atoms with E-state index in [4.69, 9.17) is 4.74 Å². The molecule has 0 aliphatic heterocycles. The van der Waals surface area contributed by atoms with E-state index in [0.29, 0.717) is 12.4 Å². The van der Waals surface area contributed by atoms with Crippen molar-refractivity contribution in [2.75, 3.05) is 6.61 Å². The van der Waals surface area contributed by atoms with Gasteiger partial charge in [-0.15, -0.1) is 0 Å². The van der Waals surface area contributed by atoms with Crippen LogP contribution in [0.5, 0.6) is 5.75 Å². The number of hydrogen-bond acceptors (Lipinski definition) is 5. The molecule has 1 amide bonds. The SMILES string of the molecule is C=CCOc1ccc(/C=N\NC(=O)c2ccc([N+](=O)[O-])cc2)cc1. The molecule has 7 heteroatoms. The Labute approximate surface area is 138 Å². The third-order valence-electron chi connectivity index (χ3n) is 2.97. The molecule has 24 heavy (non-hydrogen) atoms. The van der Waals surface area contributed by atoms with Crippen LogP contribution in [0.15, 0.2) is 66.3 Å². The summed E-state index contributed by atoms with van der Waals surface area (Å²) >= 11 is 0. The number of rotatable bonds is 7. The Morgan fingerprint density at radius 3 is 2.46 bits per heavy atom. The summed E-state index contributed by atoms with van der Waals surface area (Å²) in [6.45, 7) is 4.00. The Hall–Kier alpha value is -3.48. The molecule has 0 aliphatic rings.